The minimum absolute atomic E-state index is 0.172. The Hall–Kier alpha value is -0.0900. The molecule has 0 aliphatic carbocycles. The van der Waals surface area contributed by atoms with Crippen molar-refractivity contribution in [2.45, 2.75) is 65.5 Å². The van der Waals surface area contributed by atoms with Gasteiger partial charge in [-0.05, 0) is 37.5 Å². The fraction of sp³-hybridized carbons (Fsp3) is 1.00. The van der Waals surface area contributed by atoms with Gasteiger partial charge < -0.3 is 5.32 Å². The average molecular weight is 275 g/mol. The van der Waals surface area contributed by atoms with Crippen LogP contribution in [-0.2, 0) is 9.84 Å². The maximum atomic E-state index is 11.6. The van der Waals surface area contributed by atoms with Gasteiger partial charge in [0.1, 0.15) is 0 Å². The van der Waals surface area contributed by atoms with E-state index in [0.717, 1.165) is 25.7 Å². The number of hydrogen-bond acceptors (Lipinski definition) is 3. The molecule has 1 N–H and O–H groups in total. The minimum atomic E-state index is -2.80. The Morgan fingerprint density at radius 3 is 2.11 bits per heavy atom. The molecule has 0 saturated carbocycles. The van der Waals surface area contributed by atoms with Crippen molar-refractivity contribution in [3.8, 4) is 0 Å². The molecule has 1 aliphatic heterocycles. The van der Waals surface area contributed by atoms with E-state index in [2.05, 4.69) is 33.0 Å². The molecule has 1 rings (SSSR count). The summed E-state index contributed by atoms with van der Waals surface area (Å²) in [7, 11) is -2.80. The molecule has 1 saturated heterocycles. The second kappa shape index (κ2) is 6.90. The summed E-state index contributed by atoms with van der Waals surface area (Å²) in [4.78, 5) is 0. The zero-order valence-electron chi connectivity index (χ0n) is 12.3. The molecule has 0 aromatic rings. The quantitative estimate of drug-likeness (QED) is 0.810. The Bertz CT molecular complexity index is 326. The van der Waals surface area contributed by atoms with Crippen LogP contribution in [0.25, 0.3) is 0 Å². The van der Waals surface area contributed by atoms with E-state index >= 15 is 0 Å². The monoisotopic (exact) mass is 275 g/mol. The minimum Gasteiger partial charge on any atom is -0.310 e. The molecule has 0 aromatic carbocycles. The van der Waals surface area contributed by atoms with Crippen LogP contribution >= 0.6 is 0 Å². The van der Waals surface area contributed by atoms with Crippen LogP contribution in [0, 0.1) is 11.8 Å². The molecule has 1 atom stereocenters. The summed E-state index contributed by atoms with van der Waals surface area (Å²) in [6.07, 6.45) is 4.09. The van der Waals surface area contributed by atoms with Gasteiger partial charge in [-0.1, -0.05) is 27.7 Å². The second-order valence-electron chi connectivity index (χ2n) is 6.58. The second-order valence-corrected chi connectivity index (χ2v) is 8.80. The van der Waals surface area contributed by atoms with Crippen LogP contribution in [0.2, 0.25) is 0 Å². The largest absolute Gasteiger partial charge is 0.310 e. The smallest absolute Gasteiger partial charge is 0.151 e. The highest BCUT2D eigenvalue weighted by molar-refractivity contribution is 7.91. The SMILES string of the molecule is CC(C)CC(CC(C)C)NC1CCCS(=O)(=O)C1. The Morgan fingerprint density at radius 2 is 1.67 bits per heavy atom. The van der Waals surface area contributed by atoms with Crippen LogP contribution in [0.15, 0.2) is 0 Å². The van der Waals surface area contributed by atoms with Gasteiger partial charge in [0, 0.05) is 12.1 Å². The zero-order valence-corrected chi connectivity index (χ0v) is 13.1. The summed E-state index contributed by atoms with van der Waals surface area (Å²) in [5.41, 5.74) is 0. The number of nitrogens with one attached hydrogen (secondary N) is 1. The first-order chi connectivity index (χ1) is 8.28. The molecule has 18 heavy (non-hydrogen) atoms. The molecule has 1 aliphatic rings. The third kappa shape index (κ3) is 6.19. The van der Waals surface area contributed by atoms with E-state index in [1.54, 1.807) is 0 Å². The summed E-state index contributed by atoms with van der Waals surface area (Å²) in [6, 6.07) is 0.634. The van der Waals surface area contributed by atoms with Crippen LogP contribution in [0.1, 0.15) is 53.4 Å². The van der Waals surface area contributed by atoms with E-state index < -0.39 is 9.84 Å². The molecule has 1 heterocycles. The number of hydrogen-bond donors (Lipinski definition) is 1. The van der Waals surface area contributed by atoms with E-state index in [1.165, 1.54) is 0 Å². The summed E-state index contributed by atoms with van der Waals surface area (Å²) in [6.45, 7) is 8.92. The number of sulfone groups is 1. The lowest BCUT2D eigenvalue weighted by atomic mass is 9.94. The van der Waals surface area contributed by atoms with Gasteiger partial charge in [-0.3, -0.25) is 0 Å². The van der Waals surface area contributed by atoms with E-state index in [-0.39, 0.29) is 6.04 Å². The van der Waals surface area contributed by atoms with Gasteiger partial charge in [0.25, 0.3) is 0 Å². The molecule has 0 aromatic heterocycles. The molecular weight excluding hydrogens is 246 g/mol. The van der Waals surface area contributed by atoms with Gasteiger partial charge in [0.2, 0.25) is 0 Å². The molecule has 0 bridgehead atoms. The molecule has 3 nitrogen and oxygen atoms in total. The van der Waals surface area contributed by atoms with Crippen LogP contribution in [0.5, 0.6) is 0 Å². The van der Waals surface area contributed by atoms with Crippen molar-refractivity contribution in [1.82, 2.24) is 5.32 Å². The fourth-order valence-corrected chi connectivity index (χ4v) is 4.51. The van der Waals surface area contributed by atoms with E-state index in [9.17, 15) is 8.42 Å². The van der Waals surface area contributed by atoms with Crippen molar-refractivity contribution in [3.63, 3.8) is 0 Å². The lowest BCUT2D eigenvalue weighted by molar-refractivity contribution is 0.323. The highest BCUT2D eigenvalue weighted by Gasteiger charge is 2.26. The standard InChI is InChI=1S/C14H29NO2S/c1-11(2)8-14(9-12(3)4)15-13-6-5-7-18(16,17)10-13/h11-15H,5-10H2,1-4H3. The van der Waals surface area contributed by atoms with Crippen molar-refractivity contribution in [2.75, 3.05) is 11.5 Å². The number of rotatable bonds is 6. The maximum Gasteiger partial charge on any atom is 0.151 e. The predicted molar refractivity (Wildman–Crippen MR) is 77.5 cm³/mol. The first-order valence-corrected chi connectivity index (χ1v) is 9.07. The van der Waals surface area contributed by atoms with Gasteiger partial charge in [-0.25, -0.2) is 8.42 Å². The van der Waals surface area contributed by atoms with Crippen LogP contribution in [-0.4, -0.2) is 32.0 Å². The van der Waals surface area contributed by atoms with Crippen molar-refractivity contribution < 1.29 is 8.42 Å². The van der Waals surface area contributed by atoms with Crippen molar-refractivity contribution in [1.29, 1.82) is 0 Å². The summed E-state index contributed by atoms with van der Waals surface area (Å²) < 4.78 is 23.3. The van der Waals surface area contributed by atoms with Crippen molar-refractivity contribution >= 4 is 9.84 Å². The molecule has 0 spiro atoms. The highest BCUT2D eigenvalue weighted by Crippen LogP contribution is 2.18. The fourth-order valence-electron chi connectivity index (χ4n) is 2.86. The first-order valence-electron chi connectivity index (χ1n) is 7.25. The van der Waals surface area contributed by atoms with Gasteiger partial charge in [0.15, 0.2) is 9.84 Å². The van der Waals surface area contributed by atoms with E-state index in [4.69, 9.17) is 0 Å². The molecule has 4 heteroatoms. The Kier molecular flexibility index (Phi) is 6.12. The molecule has 0 radical (unpaired) electrons. The molecular formula is C14H29NO2S. The zero-order chi connectivity index (χ0) is 13.8. The first kappa shape index (κ1) is 16.0. The van der Waals surface area contributed by atoms with Gasteiger partial charge in [0.05, 0.1) is 11.5 Å². The van der Waals surface area contributed by atoms with Crippen molar-refractivity contribution in [3.05, 3.63) is 0 Å². The molecule has 1 fully saturated rings. The van der Waals surface area contributed by atoms with Gasteiger partial charge in [-0.15, -0.1) is 0 Å². The predicted octanol–water partition coefficient (Wildman–Crippen LogP) is 2.61. The molecule has 0 amide bonds. The Labute approximate surface area is 113 Å². The van der Waals surface area contributed by atoms with E-state index in [1.807, 2.05) is 0 Å². The molecule has 108 valence electrons. The summed E-state index contributed by atoms with van der Waals surface area (Å²) >= 11 is 0. The molecule has 1 unspecified atom stereocenters. The van der Waals surface area contributed by atoms with Crippen molar-refractivity contribution in [2.24, 2.45) is 11.8 Å². The maximum absolute atomic E-state index is 11.6. The topological polar surface area (TPSA) is 46.2 Å². The lowest BCUT2D eigenvalue weighted by Crippen LogP contribution is -2.46. The normalized spacial score (nSPS) is 24.1. The van der Waals surface area contributed by atoms with Crippen LogP contribution < -0.4 is 5.32 Å². The summed E-state index contributed by atoms with van der Waals surface area (Å²) in [5.74, 6) is 2.02. The van der Waals surface area contributed by atoms with Gasteiger partial charge >= 0.3 is 0 Å². The third-order valence-electron chi connectivity index (χ3n) is 3.45. The van der Waals surface area contributed by atoms with Gasteiger partial charge in [-0.2, -0.15) is 0 Å². The van der Waals surface area contributed by atoms with E-state index in [0.29, 0.717) is 29.4 Å². The highest BCUT2D eigenvalue weighted by atomic mass is 32.2. The average Bonchev–Trinajstić information content (AvgIpc) is 2.12. The van der Waals surface area contributed by atoms with Crippen LogP contribution in [0.4, 0.5) is 0 Å². The Balaban J connectivity index is 2.53. The lowest BCUT2D eigenvalue weighted by Gasteiger charge is -2.30. The third-order valence-corrected chi connectivity index (χ3v) is 5.27. The van der Waals surface area contributed by atoms with Crippen LogP contribution in [0.3, 0.4) is 0 Å². The summed E-state index contributed by atoms with van der Waals surface area (Å²) in [5, 5.41) is 3.60. The Morgan fingerprint density at radius 1 is 1.11 bits per heavy atom.